The third kappa shape index (κ3) is 4.53. The quantitative estimate of drug-likeness (QED) is 0.125. The minimum atomic E-state index is -4.37. The van der Waals surface area contributed by atoms with Gasteiger partial charge < -0.3 is 0 Å². The van der Waals surface area contributed by atoms with E-state index in [2.05, 4.69) is 36.4 Å². The zero-order valence-electron chi connectivity index (χ0n) is 23.1. The molecule has 0 N–H and O–H groups in total. The number of benzene rings is 5. The SMILES string of the molecule is FC(F)(F)c1cc2c(ccc3sc(-c4ccc5cc6cc(-c7cc8c(ccc9sc(C(F)(F)F)cc98)s7)ccc6cc5c4)cc32)s1. The van der Waals surface area contributed by atoms with Crippen LogP contribution in [0.2, 0.25) is 0 Å². The molecule has 9 aromatic rings. The lowest BCUT2D eigenvalue weighted by Gasteiger charge is -2.07. The maximum absolute atomic E-state index is 13.4. The molecule has 0 fully saturated rings. The summed E-state index contributed by atoms with van der Waals surface area (Å²) in [7, 11) is 0. The van der Waals surface area contributed by atoms with Crippen molar-refractivity contribution in [2.75, 3.05) is 0 Å². The van der Waals surface area contributed by atoms with Crippen LogP contribution >= 0.6 is 45.3 Å². The fraction of sp³-hybridized carbons (Fsp3) is 0.0556. The van der Waals surface area contributed by atoms with E-state index in [1.54, 1.807) is 34.8 Å². The Morgan fingerprint density at radius 2 is 0.717 bits per heavy atom. The molecule has 0 saturated carbocycles. The lowest BCUT2D eigenvalue weighted by molar-refractivity contribution is -0.135. The van der Waals surface area contributed by atoms with E-state index in [-0.39, 0.29) is 0 Å². The molecule has 0 aliphatic heterocycles. The molecular formula is C36H16F6S4. The Hall–Kier alpha value is -3.96. The highest BCUT2D eigenvalue weighted by Gasteiger charge is 2.34. The van der Waals surface area contributed by atoms with Gasteiger partial charge in [-0.3, -0.25) is 0 Å². The Kier molecular flexibility index (Phi) is 6.01. The molecule has 226 valence electrons. The summed E-state index contributed by atoms with van der Waals surface area (Å²) < 4.78 is 83.4. The van der Waals surface area contributed by atoms with Gasteiger partial charge in [0.15, 0.2) is 0 Å². The second-order valence-electron chi connectivity index (χ2n) is 11.2. The average Bonchev–Trinajstić information content (AvgIpc) is 3.81. The zero-order valence-corrected chi connectivity index (χ0v) is 26.4. The first-order valence-corrected chi connectivity index (χ1v) is 17.3. The van der Waals surface area contributed by atoms with E-state index in [1.807, 2.05) is 36.4 Å². The molecule has 0 aliphatic rings. The molecule has 5 aromatic carbocycles. The van der Waals surface area contributed by atoms with E-state index in [9.17, 15) is 26.3 Å². The molecule has 0 unspecified atom stereocenters. The smallest absolute Gasteiger partial charge is 0.165 e. The number of hydrogen-bond donors (Lipinski definition) is 0. The van der Waals surface area contributed by atoms with Crippen molar-refractivity contribution in [3.05, 3.63) is 107 Å². The molecule has 0 atom stereocenters. The number of fused-ring (bicyclic) bond motifs is 8. The van der Waals surface area contributed by atoms with Crippen LogP contribution < -0.4 is 0 Å². The maximum Gasteiger partial charge on any atom is 0.425 e. The van der Waals surface area contributed by atoms with E-state index in [4.69, 9.17) is 0 Å². The first-order chi connectivity index (χ1) is 22.0. The normalized spacial score (nSPS) is 13.0. The number of hydrogen-bond acceptors (Lipinski definition) is 4. The molecule has 0 radical (unpaired) electrons. The Morgan fingerprint density at radius 3 is 1.11 bits per heavy atom. The van der Waals surface area contributed by atoms with Crippen LogP contribution in [0.25, 0.3) is 82.8 Å². The predicted molar refractivity (Wildman–Crippen MR) is 184 cm³/mol. The van der Waals surface area contributed by atoms with Gasteiger partial charge in [0.25, 0.3) is 0 Å². The summed E-state index contributed by atoms with van der Waals surface area (Å²) in [6.45, 7) is 0. The summed E-state index contributed by atoms with van der Waals surface area (Å²) in [6, 6.07) is 30.5. The highest BCUT2D eigenvalue weighted by molar-refractivity contribution is 7.23. The maximum atomic E-state index is 13.4. The van der Waals surface area contributed by atoms with E-state index in [1.165, 1.54) is 12.1 Å². The summed E-state index contributed by atoms with van der Waals surface area (Å²) in [5.74, 6) is 0. The van der Waals surface area contributed by atoms with Gasteiger partial charge in [0.05, 0.1) is 0 Å². The monoisotopic (exact) mass is 690 g/mol. The Labute approximate surface area is 272 Å². The number of rotatable bonds is 2. The predicted octanol–water partition coefficient (Wildman–Crippen LogP) is 14.2. The minimum Gasteiger partial charge on any atom is -0.165 e. The second-order valence-corrected chi connectivity index (χ2v) is 15.5. The van der Waals surface area contributed by atoms with Gasteiger partial charge in [0.2, 0.25) is 0 Å². The molecule has 4 heterocycles. The van der Waals surface area contributed by atoms with Crippen LogP contribution in [0.3, 0.4) is 0 Å². The molecule has 9 rings (SSSR count). The van der Waals surface area contributed by atoms with Gasteiger partial charge in [-0.25, -0.2) is 0 Å². The van der Waals surface area contributed by atoms with E-state index in [0.29, 0.717) is 20.2 Å². The summed E-state index contributed by atoms with van der Waals surface area (Å²) >= 11 is 4.68. The Morgan fingerprint density at radius 1 is 0.348 bits per heavy atom. The van der Waals surface area contributed by atoms with Crippen molar-refractivity contribution in [3.8, 4) is 20.9 Å². The van der Waals surface area contributed by atoms with Crippen LogP contribution in [0.15, 0.2) is 97.1 Å². The standard InChI is InChI=1S/C36H16F6S4/c37-35(38,39)33-15-25-23-13-31(43-27(23)5-7-29(25)45-33)19-3-1-17-9-22-12-20(4-2-18(22)10-21(17)11-19)32-14-24-26-16-34(36(40,41)42)46-30(26)8-6-28(24)44-32/h1-16H. The molecule has 0 bridgehead atoms. The molecule has 10 heteroatoms. The van der Waals surface area contributed by atoms with Gasteiger partial charge in [-0.05, 0) is 105 Å². The van der Waals surface area contributed by atoms with Crippen LogP contribution in [0.4, 0.5) is 26.3 Å². The van der Waals surface area contributed by atoms with Crippen LogP contribution in [0.5, 0.6) is 0 Å². The van der Waals surface area contributed by atoms with Crippen molar-refractivity contribution in [2.24, 2.45) is 0 Å². The largest absolute Gasteiger partial charge is 0.425 e. The Bertz CT molecular complexity index is 2490. The summed E-state index contributed by atoms with van der Waals surface area (Å²) in [5.41, 5.74) is 2.01. The average molecular weight is 691 g/mol. The molecule has 0 amide bonds. The second kappa shape index (κ2) is 9.78. The van der Waals surface area contributed by atoms with Gasteiger partial charge in [0.1, 0.15) is 9.75 Å². The number of halogens is 6. The van der Waals surface area contributed by atoms with Crippen molar-refractivity contribution in [2.45, 2.75) is 12.4 Å². The Balaban J connectivity index is 1.09. The number of alkyl halides is 6. The van der Waals surface area contributed by atoms with Crippen molar-refractivity contribution in [1.82, 2.24) is 0 Å². The van der Waals surface area contributed by atoms with Crippen LogP contribution in [0.1, 0.15) is 9.75 Å². The lowest BCUT2D eigenvalue weighted by atomic mass is 9.99. The van der Waals surface area contributed by atoms with Crippen molar-refractivity contribution in [1.29, 1.82) is 0 Å². The van der Waals surface area contributed by atoms with Crippen LogP contribution in [-0.4, -0.2) is 0 Å². The zero-order chi connectivity index (χ0) is 31.5. The molecule has 0 nitrogen and oxygen atoms in total. The topological polar surface area (TPSA) is 0 Å². The first-order valence-electron chi connectivity index (χ1n) is 14.0. The lowest BCUT2D eigenvalue weighted by Crippen LogP contribution is -2.00. The summed E-state index contributed by atoms with van der Waals surface area (Å²) in [6.07, 6.45) is -8.73. The highest BCUT2D eigenvalue weighted by atomic mass is 32.1. The third-order valence-electron chi connectivity index (χ3n) is 8.32. The molecule has 0 saturated heterocycles. The van der Waals surface area contributed by atoms with E-state index >= 15 is 0 Å². The summed E-state index contributed by atoms with van der Waals surface area (Å²) in [4.78, 5) is 0.808. The molecule has 0 spiro atoms. The van der Waals surface area contributed by atoms with Crippen LogP contribution in [-0.2, 0) is 12.4 Å². The van der Waals surface area contributed by atoms with Crippen molar-refractivity contribution in [3.63, 3.8) is 0 Å². The van der Waals surface area contributed by atoms with E-state index < -0.39 is 22.1 Å². The van der Waals surface area contributed by atoms with Gasteiger partial charge in [-0.15, -0.1) is 45.3 Å². The first kappa shape index (κ1) is 28.3. The van der Waals surface area contributed by atoms with E-state index in [0.717, 1.165) is 85.3 Å². The fourth-order valence-corrected chi connectivity index (χ4v) is 10.2. The van der Waals surface area contributed by atoms with Gasteiger partial charge in [0, 0.05) is 50.1 Å². The van der Waals surface area contributed by atoms with Crippen LogP contribution in [0, 0.1) is 0 Å². The minimum absolute atomic E-state index is 0.588. The number of thiophene rings is 4. The van der Waals surface area contributed by atoms with Crippen molar-refractivity contribution >= 4 is 107 Å². The molecule has 0 aliphatic carbocycles. The van der Waals surface area contributed by atoms with Gasteiger partial charge in [-0.1, -0.05) is 24.3 Å². The highest BCUT2D eigenvalue weighted by Crippen LogP contribution is 2.46. The third-order valence-corrected chi connectivity index (χ3v) is 12.9. The van der Waals surface area contributed by atoms with Gasteiger partial charge in [-0.2, -0.15) is 26.3 Å². The molecular weight excluding hydrogens is 675 g/mol. The summed E-state index contributed by atoms with van der Waals surface area (Å²) in [5, 5.41) is 7.14. The van der Waals surface area contributed by atoms with Gasteiger partial charge >= 0.3 is 12.4 Å². The van der Waals surface area contributed by atoms with Crippen molar-refractivity contribution < 1.29 is 26.3 Å². The molecule has 4 aromatic heterocycles. The fourth-order valence-electron chi connectivity index (χ4n) is 6.13. The molecule has 46 heavy (non-hydrogen) atoms.